The first kappa shape index (κ1) is 86.5. The van der Waals surface area contributed by atoms with E-state index in [0.29, 0.717) is 51.1 Å². The van der Waals surface area contributed by atoms with Gasteiger partial charge in [0, 0.05) is 34.2 Å². The molecule has 25 heteroatoms. The molecule has 7 N–H and O–H groups in total. The van der Waals surface area contributed by atoms with Gasteiger partial charge in [-0.3, -0.25) is 38.6 Å². The van der Waals surface area contributed by atoms with Crippen LogP contribution in [0.2, 0.25) is 0 Å². The molecule has 0 spiro atoms. The molecular weight excluding hydrogens is 1430 g/mol. The number of hydrogen-bond acceptors (Lipinski definition) is 18. The van der Waals surface area contributed by atoms with Gasteiger partial charge in [-0.25, -0.2) is 24.1 Å². The smallest absolute Gasteiger partial charge is 0.410 e. The first-order valence-electron chi connectivity index (χ1n) is 36.7. The lowest BCUT2D eigenvalue weighted by Crippen LogP contribution is -2.48. The summed E-state index contributed by atoms with van der Waals surface area (Å²) in [4.78, 5) is 131. The Kier molecular flexibility index (Phi) is 27.1. The van der Waals surface area contributed by atoms with Crippen LogP contribution in [-0.2, 0) is 49.4 Å². The number of nitrogens with one attached hydrogen (secondary N) is 2. The molecule has 0 bridgehead atoms. The quantitative estimate of drug-likeness (QED) is 0.0509. The number of alkyl carbamates (subject to hydrolysis) is 2. The summed E-state index contributed by atoms with van der Waals surface area (Å²) < 4.78 is 26.5. The van der Waals surface area contributed by atoms with Crippen LogP contribution < -0.4 is 22.1 Å². The number of ether oxygens (including phenoxy) is 5. The third kappa shape index (κ3) is 19.4. The maximum absolute atomic E-state index is 13.1. The van der Waals surface area contributed by atoms with Gasteiger partial charge in [0.25, 0.3) is 35.4 Å². The predicted octanol–water partition coefficient (Wildman–Crippen LogP) is 14.0. The average Bonchev–Trinajstić information content (AvgIpc) is 1.59. The number of imide groups is 3. The number of carbonyl (C=O) groups is 10. The zero-order valence-electron chi connectivity index (χ0n) is 64.9. The van der Waals surface area contributed by atoms with E-state index in [1.54, 1.807) is 119 Å². The van der Waals surface area contributed by atoms with Gasteiger partial charge in [-0.15, -0.1) is 0 Å². The van der Waals surface area contributed by atoms with Gasteiger partial charge in [0.2, 0.25) is 6.41 Å². The van der Waals surface area contributed by atoms with Crippen molar-refractivity contribution in [3.63, 3.8) is 0 Å². The fourth-order valence-electron chi connectivity index (χ4n) is 14.6. The maximum atomic E-state index is 13.1. The van der Waals surface area contributed by atoms with Crippen LogP contribution in [0.3, 0.4) is 0 Å². The van der Waals surface area contributed by atoms with Crippen molar-refractivity contribution in [3.05, 3.63) is 248 Å². The van der Waals surface area contributed by atoms with Crippen molar-refractivity contribution in [2.75, 3.05) is 20.7 Å². The van der Waals surface area contributed by atoms with Gasteiger partial charge in [0.15, 0.2) is 0 Å². The number of carbonyl (C=O) groups excluding carboxylic acids is 10. The third-order valence-corrected chi connectivity index (χ3v) is 19.1. The highest BCUT2D eigenvalue weighted by molar-refractivity contribution is 6.23. The molecule has 112 heavy (non-hydrogen) atoms. The highest BCUT2D eigenvalue weighted by atomic mass is 16.6. The van der Waals surface area contributed by atoms with E-state index in [1.165, 1.54) is 25.8 Å². The lowest BCUT2D eigenvalue weighted by atomic mass is 10.0. The number of aliphatic hydroxyl groups is 1. The Balaban J connectivity index is 0.000000198. The van der Waals surface area contributed by atoms with Crippen molar-refractivity contribution in [2.45, 2.75) is 208 Å². The van der Waals surface area contributed by atoms with Gasteiger partial charge in [-0.2, -0.15) is 0 Å². The normalized spacial score (nSPS) is 20.2. The first-order valence-corrected chi connectivity index (χ1v) is 36.7. The summed E-state index contributed by atoms with van der Waals surface area (Å²) in [6.45, 7) is 23.8. The van der Waals surface area contributed by atoms with E-state index >= 15 is 0 Å². The summed E-state index contributed by atoms with van der Waals surface area (Å²) >= 11 is 0. The lowest BCUT2D eigenvalue weighted by Gasteiger charge is -2.35. The van der Waals surface area contributed by atoms with Crippen molar-refractivity contribution in [1.82, 2.24) is 35.1 Å². The number of fused-ring (bicyclic) bond motifs is 7. The molecule has 1 unspecified atom stereocenters. The van der Waals surface area contributed by atoms with Gasteiger partial charge in [0.05, 0.1) is 69.6 Å². The molecule has 7 aromatic rings. The van der Waals surface area contributed by atoms with Gasteiger partial charge < -0.3 is 60.7 Å². The Morgan fingerprint density at radius 1 is 0.420 bits per heavy atom. The van der Waals surface area contributed by atoms with Crippen molar-refractivity contribution >= 4 is 59.8 Å². The molecule has 0 radical (unpaired) electrons. The Labute approximate surface area is 657 Å². The van der Waals surface area contributed by atoms with Crippen LogP contribution in [0.4, 0.5) is 19.2 Å². The molecule has 3 aliphatic heterocycles. The van der Waals surface area contributed by atoms with Crippen molar-refractivity contribution in [1.29, 1.82) is 0 Å². The Morgan fingerprint density at radius 2 is 0.705 bits per heavy atom. The van der Waals surface area contributed by atoms with E-state index < -0.39 is 83.1 Å². The average molecular weight is 1540 g/mol. The van der Waals surface area contributed by atoms with Crippen LogP contribution in [0.1, 0.15) is 237 Å². The standard InChI is InChI=1S/C23H24N2O4.C22H22N2O4.C15H22N2O2.C14H20N2O2.C11H11NO4.2CH4.H2/c1-23(2,3)29-22(28)24(4)19-15-10-6-5-9-14(15)13-18(19)25-20(26)16-11-7-8-12-17(16)21(25)27;1-22(2,3)28-21(27)23-18-14-9-5-4-8-13(14)12-17(18)24-19(25)15-10-6-7-11-16(15)20(24)26;1-15(2,3)19-14(18)17(4)13-11-8-6-5-7-10(11)9-12(13)16;1-14(2,3)18-13(17)16-12-10-7-5-4-6-9(10)8-11(12)15;1-2-16-11(15)12-9(13)7-5-3-4-6-8(7)10(12)14;;;/h5-12,18-19H,13H2,1-4H3;4-11,17-18H,12H2,1-3H3,(H,23,27);5-8,12-13H,9,16H2,1-4H3;4-7,11-12H,8,15H2,1-3H3,(H,16,17);3-6,11,15H,2H2,1H3;2*1H4;1H/t18-,19-;17-,18-;12-,13-;11-,12-;;;;/m1111..../s1/i;;;;;;;1+1. The van der Waals surface area contributed by atoms with E-state index in [9.17, 15) is 53.1 Å². The number of benzene rings is 7. The molecular formula is C87H109N9O16. The second-order valence-electron chi connectivity index (χ2n) is 31.8. The molecule has 0 aromatic heterocycles. The minimum absolute atomic E-state index is 0. The van der Waals surface area contributed by atoms with Gasteiger partial charge in [-0.1, -0.05) is 148 Å². The van der Waals surface area contributed by atoms with E-state index in [0.717, 1.165) is 46.2 Å². The third-order valence-electron chi connectivity index (χ3n) is 19.1. The molecule has 4 aliphatic carbocycles. The van der Waals surface area contributed by atoms with E-state index in [2.05, 4.69) is 16.7 Å². The van der Waals surface area contributed by atoms with Crippen LogP contribution >= 0.6 is 0 Å². The molecule has 0 fully saturated rings. The largest absolute Gasteiger partial charge is 0.444 e. The molecule has 25 nitrogen and oxygen atoms in total. The second kappa shape index (κ2) is 35.1. The van der Waals surface area contributed by atoms with Gasteiger partial charge >= 0.3 is 24.4 Å². The molecule has 0 saturated heterocycles. The molecule has 0 saturated carbocycles. The van der Waals surface area contributed by atoms with Gasteiger partial charge in [-0.05, 0) is 197 Å². The number of likely N-dealkylation sites (N-methyl/N-ethyl adjacent to an activating group) is 2. The summed E-state index contributed by atoms with van der Waals surface area (Å²) in [5.41, 5.74) is 20.7. The molecule has 3 heterocycles. The van der Waals surface area contributed by atoms with E-state index in [1.807, 2.05) is 153 Å². The lowest BCUT2D eigenvalue weighted by molar-refractivity contribution is -0.157. The zero-order valence-corrected chi connectivity index (χ0v) is 64.9. The summed E-state index contributed by atoms with van der Waals surface area (Å²) in [5.74, 6) is -2.33. The highest BCUT2D eigenvalue weighted by Crippen LogP contribution is 2.43. The monoisotopic (exact) mass is 1540 g/mol. The maximum Gasteiger partial charge on any atom is 0.410 e. The number of nitrogens with zero attached hydrogens (tertiary/aromatic N) is 5. The van der Waals surface area contributed by atoms with Crippen LogP contribution in [0, 0.1) is 0 Å². The van der Waals surface area contributed by atoms with Crippen LogP contribution in [0.15, 0.2) is 170 Å². The molecule has 9 atom stereocenters. The zero-order chi connectivity index (χ0) is 80.2. The topological polar surface area (TPSA) is 329 Å². The van der Waals surface area contributed by atoms with Gasteiger partial charge in [0.1, 0.15) is 22.4 Å². The number of aliphatic hydroxyl groups excluding tert-OH is 1. The SMILES string of the molecule is C.C.CC(C)(C)OC(=O)N[C@@H]1c2ccccc2C[C@H]1N.CC(C)(C)OC(=O)N[C@@H]1c2ccccc2C[C@H]1N1C(=O)c2ccccc2C1=O.CCOC(O)N1C(=O)c2ccccc2C1=O.CN(C(=O)OC(C)(C)C)[C@@H]1c2ccccc2C[C@H]1N.CN(C(=O)OC(C)(C)C)[C@@H]1c2ccccc2C[C@H]1N1C(=O)c2ccccc2C1=O.[2HH]. The summed E-state index contributed by atoms with van der Waals surface area (Å²) in [5, 5.41) is 15.3. The fourth-order valence-corrected chi connectivity index (χ4v) is 14.6. The minimum atomic E-state index is -1.52. The molecule has 10 amide bonds. The number of hydrogen-bond donors (Lipinski definition) is 5. The number of nitrogens with two attached hydrogens (primary N) is 2. The number of rotatable bonds is 9. The Morgan fingerprint density at radius 3 is 1.10 bits per heavy atom. The van der Waals surface area contributed by atoms with Crippen LogP contribution in [0.5, 0.6) is 0 Å². The van der Waals surface area contributed by atoms with Crippen LogP contribution in [-0.4, -0.2) is 163 Å². The summed E-state index contributed by atoms with van der Waals surface area (Å²) in [7, 11) is 3.41. The fraction of sp³-hybridized carbons (Fsp3) is 0.402. The number of amides is 10. The predicted molar refractivity (Wildman–Crippen MR) is 426 cm³/mol. The summed E-state index contributed by atoms with van der Waals surface area (Å²) in [6.07, 6.45) is -0.745. The molecule has 7 aromatic carbocycles. The minimum Gasteiger partial charge on any atom is -0.444 e. The molecule has 14 rings (SSSR count). The van der Waals surface area contributed by atoms with E-state index in [-0.39, 0.29) is 76.8 Å². The van der Waals surface area contributed by atoms with Crippen molar-refractivity contribution < 1.29 is 78.2 Å². The Hall–Kier alpha value is -11.1. The summed E-state index contributed by atoms with van der Waals surface area (Å²) in [6, 6.07) is 49.2. The second-order valence-corrected chi connectivity index (χ2v) is 31.8. The van der Waals surface area contributed by atoms with Crippen molar-refractivity contribution in [2.24, 2.45) is 11.5 Å². The first-order chi connectivity index (χ1) is 51.8. The van der Waals surface area contributed by atoms with E-state index in [4.69, 9.17) is 35.2 Å². The Bertz CT molecular complexity index is 4570. The highest BCUT2D eigenvalue weighted by Gasteiger charge is 2.51. The molecule has 7 aliphatic rings. The van der Waals surface area contributed by atoms with Crippen molar-refractivity contribution in [3.8, 4) is 0 Å². The molecule has 598 valence electrons. The van der Waals surface area contributed by atoms with Crippen LogP contribution in [0.25, 0.3) is 0 Å².